The van der Waals surface area contributed by atoms with Gasteiger partial charge >= 0.3 is 0 Å². The summed E-state index contributed by atoms with van der Waals surface area (Å²) in [5.41, 5.74) is 7.02. The lowest BCUT2D eigenvalue weighted by atomic mass is 9.67. The summed E-state index contributed by atoms with van der Waals surface area (Å²) in [5.74, 6) is -0.115. The zero-order chi connectivity index (χ0) is 12.3. The summed E-state index contributed by atoms with van der Waals surface area (Å²) < 4.78 is 0. The number of hydrogen-bond donors (Lipinski definition) is 2. The van der Waals surface area contributed by atoms with Crippen LogP contribution in [0, 0.1) is 5.41 Å². The fourth-order valence-corrected chi connectivity index (χ4v) is 2.29. The van der Waals surface area contributed by atoms with Gasteiger partial charge in [0.25, 0.3) is 5.91 Å². The quantitative estimate of drug-likeness (QED) is 0.835. The molecule has 0 aromatic carbocycles. The molecule has 1 aromatic rings. The highest BCUT2D eigenvalue weighted by Crippen LogP contribution is 2.43. The number of nitrogens with one attached hydrogen (secondary N) is 1. The summed E-state index contributed by atoms with van der Waals surface area (Å²) in [5, 5.41) is 2.97. The summed E-state index contributed by atoms with van der Waals surface area (Å²) in [7, 11) is 0. The largest absolute Gasteiger partial charge is 0.398 e. The second kappa shape index (κ2) is 4.73. The fourth-order valence-electron chi connectivity index (χ4n) is 2.29. The van der Waals surface area contributed by atoms with Crippen molar-refractivity contribution in [1.29, 1.82) is 0 Å². The first kappa shape index (κ1) is 11.9. The van der Waals surface area contributed by atoms with Crippen LogP contribution in [0.3, 0.4) is 0 Å². The summed E-state index contributed by atoms with van der Waals surface area (Å²) in [6, 6.07) is 1.65. The molecular weight excluding hydrogens is 214 g/mol. The van der Waals surface area contributed by atoms with Crippen molar-refractivity contribution in [1.82, 2.24) is 10.3 Å². The highest BCUT2D eigenvalue weighted by atomic mass is 16.1. The first-order valence-corrected chi connectivity index (χ1v) is 6.14. The minimum atomic E-state index is -0.115. The van der Waals surface area contributed by atoms with Crippen LogP contribution < -0.4 is 11.1 Å². The van der Waals surface area contributed by atoms with Gasteiger partial charge in [-0.25, -0.2) is 0 Å². The van der Waals surface area contributed by atoms with E-state index in [1.807, 2.05) is 0 Å². The van der Waals surface area contributed by atoms with Gasteiger partial charge in [-0.05, 0) is 30.7 Å². The molecule has 0 atom stereocenters. The number of nitrogen functional groups attached to an aromatic ring is 1. The number of carbonyl (C=O) groups is 1. The van der Waals surface area contributed by atoms with E-state index in [1.165, 1.54) is 25.5 Å². The molecule has 1 aromatic heterocycles. The maximum Gasteiger partial charge on any atom is 0.254 e. The van der Waals surface area contributed by atoms with Gasteiger partial charge in [0.2, 0.25) is 0 Å². The number of nitrogens with two attached hydrogens (primary N) is 1. The molecule has 0 spiro atoms. The van der Waals surface area contributed by atoms with E-state index >= 15 is 0 Å². The molecule has 0 aliphatic heterocycles. The third-order valence-electron chi connectivity index (χ3n) is 3.89. The Hall–Kier alpha value is -1.58. The van der Waals surface area contributed by atoms with Crippen molar-refractivity contribution < 1.29 is 4.79 Å². The third kappa shape index (κ3) is 2.40. The Bertz CT molecular complexity index is 407. The predicted octanol–water partition coefficient (Wildman–Crippen LogP) is 1.97. The Morgan fingerprint density at radius 1 is 1.59 bits per heavy atom. The van der Waals surface area contributed by atoms with Crippen LogP contribution in [0.4, 0.5) is 5.69 Å². The molecule has 1 heterocycles. The molecular formula is C13H19N3O. The number of anilines is 1. The van der Waals surface area contributed by atoms with Crippen LogP contribution in [0.15, 0.2) is 18.5 Å². The van der Waals surface area contributed by atoms with Crippen molar-refractivity contribution in [3.63, 3.8) is 0 Å². The molecule has 4 heteroatoms. The highest BCUT2D eigenvalue weighted by molar-refractivity contribution is 5.98. The van der Waals surface area contributed by atoms with Gasteiger partial charge < -0.3 is 11.1 Å². The lowest BCUT2D eigenvalue weighted by Crippen LogP contribution is -2.41. The molecule has 1 aliphatic carbocycles. The number of rotatable bonds is 4. The van der Waals surface area contributed by atoms with Gasteiger partial charge in [0.15, 0.2) is 0 Å². The SMILES string of the molecule is CCC1(CNC(=O)c2cnccc2N)CCC1. The van der Waals surface area contributed by atoms with Crippen LogP contribution in [0.1, 0.15) is 43.0 Å². The van der Waals surface area contributed by atoms with E-state index in [1.54, 1.807) is 12.3 Å². The topological polar surface area (TPSA) is 68.0 Å². The van der Waals surface area contributed by atoms with Crippen molar-refractivity contribution in [2.24, 2.45) is 5.41 Å². The average molecular weight is 233 g/mol. The molecule has 1 saturated carbocycles. The minimum absolute atomic E-state index is 0.115. The minimum Gasteiger partial charge on any atom is -0.398 e. The van der Waals surface area contributed by atoms with Crippen molar-refractivity contribution >= 4 is 11.6 Å². The smallest absolute Gasteiger partial charge is 0.254 e. The fraction of sp³-hybridized carbons (Fsp3) is 0.538. The zero-order valence-corrected chi connectivity index (χ0v) is 10.2. The molecule has 92 valence electrons. The van der Waals surface area contributed by atoms with E-state index in [9.17, 15) is 4.79 Å². The van der Waals surface area contributed by atoms with Gasteiger partial charge in [-0.3, -0.25) is 9.78 Å². The predicted molar refractivity (Wildman–Crippen MR) is 67.6 cm³/mol. The van der Waals surface area contributed by atoms with E-state index in [-0.39, 0.29) is 5.91 Å². The second-order valence-corrected chi connectivity index (χ2v) is 4.85. The summed E-state index contributed by atoms with van der Waals surface area (Å²) in [4.78, 5) is 15.9. The maximum atomic E-state index is 11.9. The standard InChI is InChI=1S/C13H19N3O/c1-2-13(5-3-6-13)9-16-12(17)10-8-15-7-4-11(10)14/h4,7-8H,2-3,5-6,9H2,1H3,(H2,14,15)(H,16,17). The number of carbonyl (C=O) groups excluding carboxylic acids is 1. The Morgan fingerprint density at radius 3 is 2.88 bits per heavy atom. The molecule has 0 unspecified atom stereocenters. The molecule has 1 fully saturated rings. The van der Waals surface area contributed by atoms with Crippen molar-refractivity contribution in [3.05, 3.63) is 24.0 Å². The van der Waals surface area contributed by atoms with Gasteiger partial charge in [0.05, 0.1) is 5.56 Å². The Kier molecular flexibility index (Phi) is 3.31. The van der Waals surface area contributed by atoms with Gasteiger partial charge in [0.1, 0.15) is 0 Å². The van der Waals surface area contributed by atoms with E-state index in [0.717, 1.165) is 13.0 Å². The number of pyridine rings is 1. The normalized spacial score (nSPS) is 17.2. The molecule has 0 saturated heterocycles. The van der Waals surface area contributed by atoms with Crippen LogP contribution in [-0.4, -0.2) is 17.4 Å². The van der Waals surface area contributed by atoms with Gasteiger partial charge in [-0.15, -0.1) is 0 Å². The molecule has 2 rings (SSSR count). The monoisotopic (exact) mass is 233 g/mol. The van der Waals surface area contributed by atoms with Crippen LogP contribution in [-0.2, 0) is 0 Å². The Morgan fingerprint density at radius 2 is 2.35 bits per heavy atom. The zero-order valence-electron chi connectivity index (χ0n) is 10.2. The van der Waals surface area contributed by atoms with E-state index in [2.05, 4.69) is 17.2 Å². The molecule has 0 bridgehead atoms. The first-order chi connectivity index (χ1) is 8.17. The maximum absolute atomic E-state index is 11.9. The third-order valence-corrected chi connectivity index (χ3v) is 3.89. The number of hydrogen-bond acceptors (Lipinski definition) is 3. The van der Waals surface area contributed by atoms with Crippen LogP contribution >= 0.6 is 0 Å². The van der Waals surface area contributed by atoms with E-state index < -0.39 is 0 Å². The van der Waals surface area contributed by atoms with Crippen molar-refractivity contribution in [3.8, 4) is 0 Å². The molecule has 0 radical (unpaired) electrons. The van der Waals surface area contributed by atoms with Gasteiger partial charge in [0, 0.05) is 24.6 Å². The lowest BCUT2D eigenvalue weighted by Gasteiger charge is -2.41. The molecule has 4 nitrogen and oxygen atoms in total. The van der Waals surface area contributed by atoms with E-state index in [4.69, 9.17) is 5.73 Å². The van der Waals surface area contributed by atoms with Gasteiger partial charge in [-0.2, -0.15) is 0 Å². The van der Waals surface area contributed by atoms with Gasteiger partial charge in [-0.1, -0.05) is 13.3 Å². The van der Waals surface area contributed by atoms with Crippen LogP contribution in [0.5, 0.6) is 0 Å². The molecule has 1 amide bonds. The molecule has 1 aliphatic rings. The number of nitrogens with zero attached hydrogens (tertiary/aromatic N) is 1. The molecule has 17 heavy (non-hydrogen) atoms. The summed E-state index contributed by atoms with van der Waals surface area (Å²) in [6.45, 7) is 2.93. The highest BCUT2D eigenvalue weighted by Gasteiger charge is 2.35. The molecule has 3 N–H and O–H groups in total. The summed E-state index contributed by atoms with van der Waals surface area (Å²) in [6.07, 6.45) is 7.93. The number of amides is 1. The van der Waals surface area contributed by atoms with Crippen molar-refractivity contribution in [2.75, 3.05) is 12.3 Å². The van der Waals surface area contributed by atoms with Crippen LogP contribution in [0.25, 0.3) is 0 Å². The summed E-state index contributed by atoms with van der Waals surface area (Å²) >= 11 is 0. The Balaban J connectivity index is 1.96. The lowest BCUT2D eigenvalue weighted by molar-refractivity contribution is 0.0850. The first-order valence-electron chi connectivity index (χ1n) is 6.14. The second-order valence-electron chi connectivity index (χ2n) is 4.85. The van der Waals surface area contributed by atoms with Crippen LogP contribution in [0.2, 0.25) is 0 Å². The van der Waals surface area contributed by atoms with E-state index in [0.29, 0.717) is 16.7 Å². The average Bonchev–Trinajstić information content (AvgIpc) is 2.28. The Labute approximate surface area is 102 Å². The van der Waals surface area contributed by atoms with Crippen molar-refractivity contribution in [2.45, 2.75) is 32.6 Å². The number of aromatic nitrogens is 1.